The molecule has 0 aromatic heterocycles. The van der Waals surface area contributed by atoms with Crippen LogP contribution < -0.4 is 5.73 Å². The van der Waals surface area contributed by atoms with Crippen molar-refractivity contribution < 1.29 is 14.6 Å². The monoisotopic (exact) mass is 265 g/mol. The molecule has 106 valence electrons. The third-order valence-electron chi connectivity index (χ3n) is 2.98. The van der Waals surface area contributed by atoms with Gasteiger partial charge in [0.15, 0.2) is 6.10 Å². The molecule has 0 heterocycles. The van der Waals surface area contributed by atoms with Gasteiger partial charge in [0.05, 0.1) is 0 Å². The molecule has 3 N–H and O–H groups in total. The average molecular weight is 265 g/mol. The van der Waals surface area contributed by atoms with Crippen LogP contribution in [0, 0.1) is 0 Å². The number of hydrogen-bond acceptors (Lipinski definition) is 3. The number of benzene rings is 1. The molecule has 0 saturated heterocycles. The summed E-state index contributed by atoms with van der Waals surface area (Å²) in [7, 11) is 0. The van der Waals surface area contributed by atoms with Crippen LogP contribution in [0.1, 0.15) is 31.2 Å². The Hall–Kier alpha value is -1.39. The average Bonchev–Trinajstić information content (AvgIpc) is 2.42. The number of aliphatic carboxylic acids is 1. The summed E-state index contributed by atoms with van der Waals surface area (Å²) in [6, 6.07) is 9.87. The van der Waals surface area contributed by atoms with Gasteiger partial charge in [0.1, 0.15) is 0 Å². The van der Waals surface area contributed by atoms with Crippen LogP contribution in [-0.4, -0.2) is 30.3 Å². The molecular formula is C15H23NO3. The third kappa shape index (κ3) is 6.94. The second kappa shape index (κ2) is 9.53. The molecule has 4 nitrogen and oxygen atoms in total. The fraction of sp³-hybridized carbons (Fsp3) is 0.533. The molecule has 1 unspecified atom stereocenters. The van der Waals surface area contributed by atoms with Crippen LogP contribution >= 0.6 is 0 Å². The van der Waals surface area contributed by atoms with Crippen molar-refractivity contribution in [2.75, 3.05) is 13.2 Å². The molecule has 0 radical (unpaired) electrons. The van der Waals surface area contributed by atoms with Gasteiger partial charge in [0, 0.05) is 6.61 Å². The lowest BCUT2D eigenvalue weighted by Gasteiger charge is -2.13. The van der Waals surface area contributed by atoms with Gasteiger partial charge in [-0.2, -0.15) is 0 Å². The van der Waals surface area contributed by atoms with Gasteiger partial charge in [-0.15, -0.1) is 0 Å². The molecular weight excluding hydrogens is 242 g/mol. The van der Waals surface area contributed by atoms with Gasteiger partial charge >= 0.3 is 5.97 Å². The molecule has 1 atom stereocenters. The van der Waals surface area contributed by atoms with Crippen molar-refractivity contribution in [3.8, 4) is 0 Å². The predicted molar refractivity (Wildman–Crippen MR) is 75.0 cm³/mol. The zero-order valence-electron chi connectivity index (χ0n) is 11.3. The van der Waals surface area contributed by atoms with Crippen molar-refractivity contribution in [2.45, 2.75) is 38.2 Å². The van der Waals surface area contributed by atoms with Crippen molar-refractivity contribution in [3.63, 3.8) is 0 Å². The fourth-order valence-corrected chi connectivity index (χ4v) is 1.87. The molecule has 4 heteroatoms. The molecule has 1 aromatic carbocycles. The summed E-state index contributed by atoms with van der Waals surface area (Å²) in [6.07, 6.45) is 3.34. The first kappa shape index (κ1) is 15.7. The van der Waals surface area contributed by atoms with Crippen molar-refractivity contribution in [1.82, 2.24) is 0 Å². The second-order valence-electron chi connectivity index (χ2n) is 4.57. The number of unbranched alkanes of at least 4 members (excludes halogenated alkanes) is 2. The molecule has 1 aromatic rings. The number of hydrogen-bond donors (Lipinski definition) is 2. The molecule has 0 spiro atoms. The topological polar surface area (TPSA) is 72.5 Å². The maximum absolute atomic E-state index is 11.1. The van der Waals surface area contributed by atoms with Crippen LogP contribution in [0.5, 0.6) is 0 Å². The normalized spacial score (nSPS) is 12.3. The smallest absolute Gasteiger partial charge is 0.332 e. The number of carboxylic acids is 1. The first-order valence-corrected chi connectivity index (χ1v) is 6.82. The van der Waals surface area contributed by atoms with Crippen LogP contribution in [0.2, 0.25) is 0 Å². The van der Waals surface area contributed by atoms with Crippen molar-refractivity contribution >= 4 is 5.97 Å². The maximum atomic E-state index is 11.1. The summed E-state index contributed by atoms with van der Waals surface area (Å²) in [5, 5.41) is 9.11. The first-order chi connectivity index (χ1) is 9.24. The van der Waals surface area contributed by atoms with Gasteiger partial charge in [-0.1, -0.05) is 30.3 Å². The summed E-state index contributed by atoms with van der Waals surface area (Å²) in [5.74, 6) is -0.880. The Kier molecular flexibility index (Phi) is 7.86. The van der Waals surface area contributed by atoms with Crippen molar-refractivity contribution in [3.05, 3.63) is 35.9 Å². The highest BCUT2D eigenvalue weighted by Gasteiger charge is 2.17. The zero-order valence-corrected chi connectivity index (χ0v) is 11.3. The van der Waals surface area contributed by atoms with E-state index in [2.05, 4.69) is 0 Å². The summed E-state index contributed by atoms with van der Waals surface area (Å²) >= 11 is 0. The highest BCUT2D eigenvalue weighted by molar-refractivity contribution is 5.72. The summed E-state index contributed by atoms with van der Waals surface area (Å²) in [6.45, 7) is 1.17. The second-order valence-corrected chi connectivity index (χ2v) is 4.57. The number of rotatable bonds is 10. The van der Waals surface area contributed by atoms with Gasteiger partial charge in [0.2, 0.25) is 0 Å². The molecule has 0 amide bonds. The van der Waals surface area contributed by atoms with E-state index in [9.17, 15) is 4.79 Å². The largest absolute Gasteiger partial charge is 0.479 e. The zero-order chi connectivity index (χ0) is 13.9. The number of aryl methyl sites for hydroxylation is 1. The lowest BCUT2D eigenvalue weighted by Crippen LogP contribution is -2.25. The van der Waals surface area contributed by atoms with E-state index in [1.807, 2.05) is 30.3 Å². The SMILES string of the molecule is NCCCCCOC(CCc1ccccc1)C(=O)O. The Morgan fingerprint density at radius 1 is 1.21 bits per heavy atom. The van der Waals surface area contributed by atoms with E-state index in [4.69, 9.17) is 15.6 Å². The minimum absolute atomic E-state index is 0.492. The lowest BCUT2D eigenvalue weighted by atomic mass is 10.1. The Morgan fingerprint density at radius 3 is 2.58 bits per heavy atom. The van der Waals surface area contributed by atoms with Gasteiger partial charge in [0.25, 0.3) is 0 Å². The number of nitrogens with two attached hydrogens (primary N) is 1. The van der Waals surface area contributed by atoms with Crippen LogP contribution in [0.3, 0.4) is 0 Å². The summed E-state index contributed by atoms with van der Waals surface area (Å²) < 4.78 is 5.43. The van der Waals surface area contributed by atoms with E-state index in [-0.39, 0.29) is 0 Å². The van der Waals surface area contributed by atoms with E-state index in [0.717, 1.165) is 31.2 Å². The van der Waals surface area contributed by atoms with Gasteiger partial charge in [-0.25, -0.2) is 4.79 Å². The van der Waals surface area contributed by atoms with Crippen molar-refractivity contribution in [1.29, 1.82) is 0 Å². The maximum Gasteiger partial charge on any atom is 0.332 e. The lowest BCUT2D eigenvalue weighted by molar-refractivity contribution is -0.150. The van der Waals surface area contributed by atoms with Crippen LogP contribution in [0.25, 0.3) is 0 Å². The molecule has 0 fully saturated rings. The number of carbonyl (C=O) groups is 1. The van der Waals surface area contributed by atoms with Crippen LogP contribution in [0.15, 0.2) is 30.3 Å². The molecule has 1 rings (SSSR count). The molecule has 19 heavy (non-hydrogen) atoms. The number of carboxylic acid groups (broad SMARTS) is 1. The fourth-order valence-electron chi connectivity index (χ4n) is 1.87. The predicted octanol–water partition coefficient (Wildman–Crippen LogP) is 2.22. The van der Waals surface area contributed by atoms with Gasteiger partial charge in [-0.05, 0) is 44.2 Å². The van der Waals surface area contributed by atoms with E-state index >= 15 is 0 Å². The third-order valence-corrected chi connectivity index (χ3v) is 2.98. The van der Waals surface area contributed by atoms with Crippen LogP contribution in [-0.2, 0) is 16.0 Å². The highest BCUT2D eigenvalue weighted by atomic mass is 16.5. The molecule has 0 saturated carbocycles. The van der Waals surface area contributed by atoms with E-state index in [1.165, 1.54) is 0 Å². The quantitative estimate of drug-likeness (QED) is 0.636. The Labute approximate surface area is 114 Å². The van der Waals surface area contributed by atoms with Gasteiger partial charge < -0.3 is 15.6 Å². The molecule has 0 aliphatic carbocycles. The Balaban J connectivity index is 2.26. The summed E-state index contributed by atoms with van der Waals surface area (Å²) in [5.41, 5.74) is 6.54. The molecule has 0 bridgehead atoms. The van der Waals surface area contributed by atoms with Crippen LogP contribution in [0.4, 0.5) is 0 Å². The van der Waals surface area contributed by atoms with Gasteiger partial charge in [-0.3, -0.25) is 0 Å². The molecule has 0 aliphatic heterocycles. The van der Waals surface area contributed by atoms with E-state index in [0.29, 0.717) is 19.6 Å². The Bertz CT molecular complexity index is 354. The first-order valence-electron chi connectivity index (χ1n) is 6.82. The summed E-state index contributed by atoms with van der Waals surface area (Å²) in [4.78, 5) is 11.1. The highest BCUT2D eigenvalue weighted by Crippen LogP contribution is 2.09. The minimum atomic E-state index is -0.880. The Morgan fingerprint density at radius 2 is 1.95 bits per heavy atom. The van der Waals surface area contributed by atoms with E-state index < -0.39 is 12.1 Å². The van der Waals surface area contributed by atoms with Crippen molar-refractivity contribution in [2.24, 2.45) is 5.73 Å². The van der Waals surface area contributed by atoms with E-state index in [1.54, 1.807) is 0 Å². The standard InChI is InChI=1S/C15H23NO3/c16-11-5-2-6-12-19-14(15(17)18)10-9-13-7-3-1-4-8-13/h1,3-4,7-8,14H,2,5-6,9-12,16H2,(H,17,18). The minimum Gasteiger partial charge on any atom is -0.479 e. The molecule has 0 aliphatic rings. The number of ether oxygens (including phenoxy) is 1.